The molecule has 1 aliphatic rings. The van der Waals surface area contributed by atoms with Crippen molar-refractivity contribution in [3.63, 3.8) is 0 Å². The lowest BCUT2D eigenvalue weighted by atomic mass is 10.1. The van der Waals surface area contributed by atoms with Crippen LogP contribution in [-0.2, 0) is 0 Å². The fourth-order valence-electron chi connectivity index (χ4n) is 2.40. The number of rotatable bonds is 2. The smallest absolute Gasteiger partial charge is 0.255 e. The van der Waals surface area contributed by atoms with Crippen LogP contribution in [0.15, 0.2) is 42.5 Å². The number of nitrogens with zero attached hydrogens (tertiary/aromatic N) is 1. The molecule has 6 heteroatoms. The Hall–Kier alpha value is -1.59. The highest BCUT2D eigenvalue weighted by Crippen LogP contribution is 2.39. The minimum absolute atomic E-state index is 0.185. The number of carbonyl (C=O) groups excluding carboxylic acids is 1. The molecule has 0 aromatic heterocycles. The van der Waals surface area contributed by atoms with Crippen LogP contribution >= 0.6 is 23.4 Å². The first-order valence-electron chi connectivity index (χ1n) is 6.69. The van der Waals surface area contributed by atoms with Crippen molar-refractivity contribution >= 4 is 29.3 Å². The van der Waals surface area contributed by atoms with Crippen LogP contribution in [0.5, 0.6) is 0 Å². The topological polar surface area (TPSA) is 20.3 Å². The fraction of sp³-hybridized carbons (Fsp3) is 0.188. The van der Waals surface area contributed by atoms with E-state index in [1.807, 2.05) is 0 Å². The van der Waals surface area contributed by atoms with Crippen LogP contribution in [0.1, 0.15) is 21.3 Å². The van der Waals surface area contributed by atoms with Gasteiger partial charge in [0.15, 0.2) is 0 Å². The number of hydrogen-bond donors (Lipinski definition) is 0. The fourth-order valence-corrected chi connectivity index (χ4v) is 3.80. The van der Waals surface area contributed by atoms with Gasteiger partial charge in [-0.15, -0.1) is 11.8 Å². The number of thioether (sulfide) groups is 1. The molecular formula is C16H12ClF2NOS. The maximum Gasteiger partial charge on any atom is 0.255 e. The lowest BCUT2D eigenvalue weighted by Gasteiger charge is -2.24. The molecule has 0 saturated carbocycles. The van der Waals surface area contributed by atoms with Crippen LogP contribution in [0, 0.1) is 11.6 Å². The predicted octanol–water partition coefficient (Wildman–Crippen LogP) is 4.51. The zero-order valence-electron chi connectivity index (χ0n) is 11.4. The van der Waals surface area contributed by atoms with Crippen LogP contribution in [-0.4, -0.2) is 23.1 Å². The predicted molar refractivity (Wildman–Crippen MR) is 84.0 cm³/mol. The molecular weight excluding hydrogens is 328 g/mol. The van der Waals surface area contributed by atoms with Crippen LogP contribution in [0.25, 0.3) is 0 Å². The molecule has 1 amide bonds. The highest BCUT2D eigenvalue weighted by Gasteiger charge is 2.33. The van der Waals surface area contributed by atoms with E-state index in [1.54, 1.807) is 29.2 Å². The first-order chi connectivity index (χ1) is 10.6. The van der Waals surface area contributed by atoms with Crippen molar-refractivity contribution in [2.45, 2.75) is 5.37 Å². The molecule has 0 unspecified atom stereocenters. The highest BCUT2D eigenvalue weighted by atomic mass is 35.5. The number of benzene rings is 2. The summed E-state index contributed by atoms with van der Waals surface area (Å²) in [7, 11) is 0. The summed E-state index contributed by atoms with van der Waals surface area (Å²) >= 11 is 7.29. The quantitative estimate of drug-likeness (QED) is 0.802. The summed E-state index contributed by atoms with van der Waals surface area (Å²) in [6, 6.07) is 10.0. The van der Waals surface area contributed by atoms with Gasteiger partial charge in [0.25, 0.3) is 5.91 Å². The molecule has 0 aliphatic carbocycles. The van der Waals surface area contributed by atoms with Crippen molar-refractivity contribution in [2.24, 2.45) is 0 Å². The second kappa shape index (κ2) is 6.26. The van der Waals surface area contributed by atoms with Crippen LogP contribution < -0.4 is 0 Å². The summed E-state index contributed by atoms with van der Waals surface area (Å²) in [5, 5.41) is 0.109. The molecule has 2 aromatic carbocycles. The lowest BCUT2D eigenvalue weighted by molar-refractivity contribution is 0.0759. The maximum absolute atomic E-state index is 14.0. The van der Waals surface area contributed by atoms with E-state index >= 15 is 0 Å². The molecule has 0 radical (unpaired) electrons. The minimum atomic E-state index is -0.631. The molecule has 1 atom stereocenters. The lowest BCUT2D eigenvalue weighted by Crippen LogP contribution is -2.30. The molecule has 22 heavy (non-hydrogen) atoms. The molecule has 2 nitrogen and oxygen atoms in total. The minimum Gasteiger partial charge on any atom is -0.322 e. The van der Waals surface area contributed by atoms with E-state index in [2.05, 4.69) is 0 Å². The average Bonchev–Trinajstić information content (AvgIpc) is 2.96. The summed E-state index contributed by atoms with van der Waals surface area (Å²) in [5.41, 5.74) is 0.825. The van der Waals surface area contributed by atoms with Crippen LogP contribution in [0.3, 0.4) is 0 Å². The van der Waals surface area contributed by atoms with Crippen molar-refractivity contribution in [3.8, 4) is 0 Å². The summed E-state index contributed by atoms with van der Waals surface area (Å²) in [4.78, 5) is 14.2. The number of hydrogen-bond acceptors (Lipinski definition) is 2. The summed E-state index contributed by atoms with van der Waals surface area (Å²) in [6.07, 6.45) is 0. The Balaban J connectivity index is 1.89. The molecule has 1 fully saturated rings. The van der Waals surface area contributed by atoms with Gasteiger partial charge in [-0.1, -0.05) is 17.7 Å². The normalized spacial score (nSPS) is 17.8. The molecule has 0 bridgehead atoms. The summed E-state index contributed by atoms with van der Waals surface area (Å²) < 4.78 is 27.0. The largest absolute Gasteiger partial charge is 0.322 e. The van der Waals surface area contributed by atoms with Crippen molar-refractivity contribution in [2.75, 3.05) is 12.3 Å². The second-order valence-electron chi connectivity index (χ2n) is 4.89. The van der Waals surface area contributed by atoms with Gasteiger partial charge in [-0.05, 0) is 30.3 Å². The molecule has 2 aromatic rings. The molecule has 1 heterocycles. The highest BCUT2D eigenvalue weighted by molar-refractivity contribution is 7.99. The van der Waals surface area contributed by atoms with E-state index < -0.39 is 17.0 Å². The maximum atomic E-state index is 14.0. The van der Waals surface area contributed by atoms with Gasteiger partial charge in [0.05, 0.1) is 0 Å². The van der Waals surface area contributed by atoms with Gasteiger partial charge in [0, 0.05) is 34.5 Å². The molecule has 1 saturated heterocycles. The van der Waals surface area contributed by atoms with Crippen molar-refractivity contribution in [1.29, 1.82) is 0 Å². The van der Waals surface area contributed by atoms with Gasteiger partial charge >= 0.3 is 0 Å². The number of halogens is 3. The third-order valence-corrected chi connectivity index (χ3v) is 4.97. The van der Waals surface area contributed by atoms with E-state index in [4.69, 9.17) is 11.6 Å². The zero-order valence-corrected chi connectivity index (χ0v) is 13.0. The summed E-state index contributed by atoms with van der Waals surface area (Å²) in [5.74, 6) is -0.732. The van der Waals surface area contributed by atoms with Crippen molar-refractivity contribution in [3.05, 3.63) is 70.2 Å². The number of carbonyl (C=O) groups is 1. The molecule has 114 valence electrons. The Labute approximate surface area is 136 Å². The van der Waals surface area contributed by atoms with E-state index in [9.17, 15) is 13.6 Å². The Morgan fingerprint density at radius 1 is 1.18 bits per heavy atom. The molecule has 0 spiro atoms. The van der Waals surface area contributed by atoms with Crippen LogP contribution in [0.2, 0.25) is 5.02 Å². The van der Waals surface area contributed by atoms with Gasteiger partial charge in [0.1, 0.15) is 17.0 Å². The molecule has 0 N–H and O–H groups in total. The van der Waals surface area contributed by atoms with Gasteiger partial charge in [-0.2, -0.15) is 0 Å². The Morgan fingerprint density at radius 2 is 1.91 bits per heavy atom. The first-order valence-corrected chi connectivity index (χ1v) is 8.12. The van der Waals surface area contributed by atoms with Crippen LogP contribution in [0.4, 0.5) is 8.78 Å². The monoisotopic (exact) mass is 339 g/mol. The Bertz CT molecular complexity index is 708. The number of amides is 1. The van der Waals surface area contributed by atoms with E-state index in [0.717, 1.165) is 6.07 Å². The third-order valence-electron chi connectivity index (χ3n) is 3.47. The van der Waals surface area contributed by atoms with E-state index in [1.165, 1.54) is 23.9 Å². The SMILES string of the molecule is O=C(c1ccc(Cl)cc1)N1CCS[C@@H]1c1ccc(F)cc1F. The standard InChI is InChI=1S/C16H12ClF2NOS/c17-11-3-1-10(2-4-11)15(21)20-7-8-22-16(20)13-6-5-12(18)9-14(13)19/h1-6,9,16H,7-8H2/t16-/m1/s1. The Morgan fingerprint density at radius 3 is 2.59 bits per heavy atom. The summed E-state index contributed by atoms with van der Waals surface area (Å²) in [6.45, 7) is 0.521. The zero-order chi connectivity index (χ0) is 15.7. The van der Waals surface area contributed by atoms with Gasteiger partial charge < -0.3 is 4.90 Å². The van der Waals surface area contributed by atoms with Gasteiger partial charge in [0.2, 0.25) is 0 Å². The van der Waals surface area contributed by atoms with Gasteiger partial charge in [-0.25, -0.2) is 8.78 Å². The second-order valence-corrected chi connectivity index (χ2v) is 6.52. The first kappa shape index (κ1) is 15.3. The van der Waals surface area contributed by atoms with Gasteiger partial charge in [-0.3, -0.25) is 4.79 Å². The van der Waals surface area contributed by atoms with Crippen molar-refractivity contribution in [1.82, 2.24) is 4.90 Å². The van der Waals surface area contributed by atoms with Crippen molar-refractivity contribution < 1.29 is 13.6 Å². The molecule has 1 aliphatic heterocycles. The van der Waals surface area contributed by atoms with E-state index in [-0.39, 0.29) is 5.91 Å². The Kier molecular flexibility index (Phi) is 4.36. The average molecular weight is 340 g/mol. The molecule has 3 rings (SSSR count). The van der Waals surface area contributed by atoms with E-state index in [0.29, 0.717) is 28.4 Å². The third kappa shape index (κ3) is 2.96.